The third-order valence-electron chi connectivity index (χ3n) is 8.07. The summed E-state index contributed by atoms with van der Waals surface area (Å²) in [4.78, 5) is 74.1. The van der Waals surface area contributed by atoms with Crippen LogP contribution >= 0.6 is 11.3 Å². The third-order valence-corrected chi connectivity index (χ3v) is 9.05. The van der Waals surface area contributed by atoms with Crippen LogP contribution < -0.4 is 10.1 Å². The number of carbonyl (C=O) groups is 5. The molecule has 1 unspecified atom stereocenters. The van der Waals surface area contributed by atoms with Gasteiger partial charge in [-0.3, -0.25) is 19.2 Å². The number of hydrogen-bond donors (Lipinski definition) is 2. The van der Waals surface area contributed by atoms with E-state index in [4.69, 9.17) is 9.47 Å². The highest BCUT2D eigenvalue weighted by Gasteiger charge is 2.33. The van der Waals surface area contributed by atoms with Crippen molar-refractivity contribution in [2.45, 2.75) is 44.7 Å². The van der Waals surface area contributed by atoms with Gasteiger partial charge in [0.2, 0.25) is 5.91 Å². The lowest BCUT2D eigenvalue weighted by Gasteiger charge is -2.35. The molecule has 1 aromatic carbocycles. The van der Waals surface area contributed by atoms with Crippen LogP contribution in [0.5, 0.6) is 5.75 Å². The van der Waals surface area contributed by atoms with E-state index in [1.807, 2.05) is 22.4 Å². The Bertz CT molecular complexity index is 1570. The molecule has 0 spiro atoms. The van der Waals surface area contributed by atoms with Crippen LogP contribution in [0.2, 0.25) is 0 Å². The van der Waals surface area contributed by atoms with Gasteiger partial charge < -0.3 is 34.6 Å². The first kappa shape index (κ1) is 32.7. The van der Waals surface area contributed by atoms with Crippen molar-refractivity contribution < 1.29 is 38.6 Å². The zero-order valence-corrected chi connectivity index (χ0v) is 26.4. The largest absolute Gasteiger partial charge is 0.483 e. The molecule has 2 aliphatic heterocycles. The summed E-state index contributed by atoms with van der Waals surface area (Å²) in [6.07, 6.45) is 0.849. The number of carbonyl (C=O) groups excluding carboxylic acids is 4. The molecule has 0 saturated carbocycles. The molecule has 244 valence electrons. The Balaban J connectivity index is 1.29. The number of ether oxygens (including phenoxy) is 2. The monoisotopic (exact) mass is 651 g/mol. The predicted octanol–water partition coefficient (Wildman–Crippen LogP) is 3.30. The van der Waals surface area contributed by atoms with Crippen molar-refractivity contribution in [1.29, 1.82) is 0 Å². The highest BCUT2D eigenvalue weighted by atomic mass is 32.1. The molecular formula is C32H37N5O8S. The minimum atomic E-state index is -1.14. The number of carboxylic acid groups (broad SMARTS) is 1. The topological polar surface area (TPSA) is 159 Å². The van der Waals surface area contributed by atoms with Gasteiger partial charge in [-0.05, 0) is 49.8 Å². The number of carboxylic acids is 1. The number of rotatable bonds is 11. The van der Waals surface area contributed by atoms with Crippen molar-refractivity contribution in [3.63, 3.8) is 0 Å². The minimum Gasteiger partial charge on any atom is -0.483 e. The zero-order chi connectivity index (χ0) is 32.6. The lowest BCUT2D eigenvalue weighted by molar-refractivity contribution is -0.138. The molecule has 2 saturated heterocycles. The second kappa shape index (κ2) is 15.0. The number of pyridine rings is 1. The van der Waals surface area contributed by atoms with Gasteiger partial charge in [0.15, 0.2) is 6.61 Å². The van der Waals surface area contributed by atoms with E-state index in [0.29, 0.717) is 23.2 Å². The summed E-state index contributed by atoms with van der Waals surface area (Å²) < 4.78 is 11.1. The smallest absolute Gasteiger partial charge is 0.409 e. The Kier molecular flexibility index (Phi) is 10.7. The number of piperazine rings is 1. The van der Waals surface area contributed by atoms with Gasteiger partial charge in [-0.15, -0.1) is 11.3 Å². The van der Waals surface area contributed by atoms with Crippen LogP contribution in [0.4, 0.5) is 4.79 Å². The first-order valence-corrected chi connectivity index (χ1v) is 16.2. The van der Waals surface area contributed by atoms with E-state index in [-0.39, 0.29) is 69.9 Å². The van der Waals surface area contributed by atoms with Gasteiger partial charge >= 0.3 is 12.1 Å². The minimum absolute atomic E-state index is 0.0139. The maximum Gasteiger partial charge on any atom is 0.409 e. The summed E-state index contributed by atoms with van der Waals surface area (Å²) in [5, 5.41) is 14.6. The molecule has 4 amide bonds. The van der Waals surface area contributed by atoms with Crippen molar-refractivity contribution in [3.8, 4) is 5.75 Å². The van der Waals surface area contributed by atoms with Crippen molar-refractivity contribution in [2.24, 2.45) is 0 Å². The Morgan fingerprint density at radius 2 is 1.80 bits per heavy atom. The van der Waals surface area contributed by atoms with Crippen LogP contribution in [0.15, 0.2) is 47.8 Å². The van der Waals surface area contributed by atoms with Crippen molar-refractivity contribution in [2.75, 3.05) is 45.9 Å². The number of hydrogen-bond acceptors (Lipinski definition) is 9. The summed E-state index contributed by atoms with van der Waals surface area (Å²) in [5.74, 6) is -2.12. The van der Waals surface area contributed by atoms with Gasteiger partial charge in [-0.2, -0.15) is 0 Å². The quantitative estimate of drug-likeness (QED) is 0.317. The van der Waals surface area contributed by atoms with E-state index in [1.54, 1.807) is 42.5 Å². The number of para-hydroxylation sites is 1. The summed E-state index contributed by atoms with van der Waals surface area (Å²) >= 11 is 1.62. The van der Waals surface area contributed by atoms with E-state index in [0.717, 1.165) is 17.7 Å². The predicted molar refractivity (Wildman–Crippen MR) is 169 cm³/mol. The van der Waals surface area contributed by atoms with Crippen LogP contribution in [0, 0.1) is 0 Å². The lowest BCUT2D eigenvalue weighted by atomic mass is 10.1. The van der Waals surface area contributed by atoms with Gasteiger partial charge in [-0.1, -0.05) is 18.2 Å². The second-order valence-electron chi connectivity index (χ2n) is 11.0. The van der Waals surface area contributed by atoms with Crippen LogP contribution in [0.1, 0.15) is 54.0 Å². The molecule has 2 aliphatic rings. The van der Waals surface area contributed by atoms with Gasteiger partial charge in [0.1, 0.15) is 17.5 Å². The van der Waals surface area contributed by atoms with Crippen LogP contribution in [-0.4, -0.2) is 107 Å². The summed E-state index contributed by atoms with van der Waals surface area (Å²) in [5.41, 5.74) is 0.415. The van der Waals surface area contributed by atoms with E-state index in [9.17, 15) is 29.1 Å². The van der Waals surface area contributed by atoms with Crippen molar-refractivity contribution in [3.05, 3.63) is 58.4 Å². The Morgan fingerprint density at radius 3 is 2.52 bits per heavy atom. The number of nitrogens with zero attached hydrogens (tertiary/aromatic N) is 4. The van der Waals surface area contributed by atoms with Gasteiger partial charge in [0.05, 0.1) is 18.2 Å². The highest BCUT2D eigenvalue weighted by Crippen LogP contribution is 2.34. The Hall–Kier alpha value is -4.72. The van der Waals surface area contributed by atoms with Crippen LogP contribution in [0.3, 0.4) is 0 Å². The van der Waals surface area contributed by atoms with Gasteiger partial charge in [0, 0.05) is 55.5 Å². The number of nitrogens with one attached hydrogen (secondary N) is 1. The lowest BCUT2D eigenvalue weighted by Crippen LogP contribution is -2.56. The van der Waals surface area contributed by atoms with E-state index in [2.05, 4.69) is 10.3 Å². The molecule has 2 atom stereocenters. The number of aliphatic carboxylic acids is 1. The van der Waals surface area contributed by atoms with E-state index in [1.165, 1.54) is 15.9 Å². The molecular weight excluding hydrogens is 614 g/mol. The molecule has 14 heteroatoms. The zero-order valence-electron chi connectivity index (χ0n) is 25.6. The SMILES string of the molecule is CCOC(=O)N1CCN(C(=O)C(CCC(=O)O)NC(=O)c2cc(OCC(=O)N3CCC[C@H]3c3cccs3)c3ccccc3n2)CC1. The molecule has 2 aromatic heterocycles. The molecule has 4 heterocycles. The Morgan fingerprint density at radius 1 is 1.04 bits per heavy atom. The molecule has 3 aromatic rings. The molecule has 0 radical (unpaired) electrons. The molecule has 46 heavy (non-hydrogen) atoms. The number of benzene rings is 1. The molecule has 0 aliphatic carbocycles. The number of fused-ring (bicyclic) bond motifs is 1. The maximum atomic E-state index is 13.5. The molecule has 13 nitrogen and oxygen atoms in total. The summed E-state index contributed by atoms with van der Waals surface area (Å²) in [7, 11) is 0. The third kappa shape index (κ3) is 7.73. The van der Waals surface area contributed by atoms with Crippen LogP contribution in [-0.2, 0) is 19.1 Å². The first-order valence-electron chi connectivity index (χ1n) is 15.3. The van der Waals surface area contributed by atoms with Crippen LogP contribution in [0.25, 0.3) is 10.9 Å². The average molecular weight is 652 g/mol. The average Bonchev–Trinajstić information content (AvgIpc) is 3.78. The fourth-order valence-corrected chi connectivity index (χ4v) is 6.62. The molecule has 2 fully saturated rings. The highest BCUT2D eigenvalue weighted by molar-refractivity contribution is 7.10. The first-order chi connectivity index (χ1) is 22.2. The number of amides is 4. The fourth-order valence-electron chi connectivity index (χ4n) is 5.75. The van der Waals surface area contributed by atoms with Gasteiger partial charge in [0.25, 0.3) is 11.8 Å². The van der Waals surface area contributed by atoms with Gasteiger partial charge in [-0.25, -0.2) is 9.78 Å². The van der Waals surface area contributed by atoms with Crippen molar-refractivity contribution >= 4 is 52.0 Å². The molecule has 0 bridgehead atoms. The molecule has 5 rings (SSSR count). The van der Waals surface area contributed by atoms with Crippen molar-refractivity contribution in [1.82, 2.24) is 25.0 Å². The number of aromatic nitrogens is 1. The number of thiophene rings is 1. The summed E-state index contributed by atoms with van der Waals surface area (Å²) in [6.45, 7) is 3.28. The normalized spacial score (nSPS) is 17.1. The Labute approximate surface area is 270 Å². The molecule has 2 N–H and O–H groups in total. The maximum absolute atomic E-state index is 13.5. The standard InChI is InChI=1S/C32H37N5O8S/c1-2-44-32(43)36-16-14-35(15-17-36)31(42)23(11-12-29(39)40)34-30(41)24-19-26(21-7-3-4-8-22(21)33-24)45-20-28(38)37-13-5-9-25(37)27-10-6-18-46-27/h3-4,6-8,10,18-19,23,25H,2,5,9,11-17,20H2,1H3,(H,34,41)(H,39,40)/t23?,25-/m0/s1. The number of likely N-dealkylation sites (tertiary alicyclic amines) is 1. The summed E-state index contributed by atoms with van der Waals surface area (Å²) in [6, 6.07) is 11.4. The van der Waals surface area contributed by atoms with E-state index >= 15 is 0 Å². The second-order valence-corrected chi connectivity index (χ2v) is 12.0. The fraction of sp³-hybridized carbons (Fsp3) is 0.438. The van der Waals surface area contributed by atoms with E-state index < -0.39 is 29.9 Å².